The van der Waals surface area contributed by atoms with Crippen LogP contribution in [0, 0.1) is 0 Å². The minimum atomic E-state index is -0.179. The summed E-state index contributed by atoms with van der Waals surface area (Å²) in [6.45, 7) is 2.27. The lowest BCUT2D eigenvalue weighted by Gasteiger charge is -2.29. The predicted octanol–water partition coefficient (Wildman–Crippen LogP) is 4.50. The van der Waals surface area contributed by atoms with Crippen molar-refractivity contribution in [2.75, 3.05) is 25.5 Å². The van der Waals surface area contributed by atoms with Gasteiger partial charge in [0.2, 0.25) is 0 Å². The molecule has 0 atom stereocenters. The van der Waals surface area contributed by atoms with Crippen LogP contribution in [0.3, 0.4) is 0 Å². The standard InChI is InChI=1S/C25H26N6OS/c1-31-10-7-17(8-11-31)16-2-4-20(5-3-16)29-24-23-18(6-9-28-25(23)32)13-22(30-24)19-12-21(33-26)15-27-14-19/h2-6,9,12-15,17H,7-8,10-11,26H2,1H3,(H,28,32)(H,29,30). The van der Waals surface area contributed by atoms with Gasteiger partial charge in [0.25, 0.3) is 5.56 Å². The zero-order chi connectivity index (χ0) is 22.8. The molecular formula is C25H26N6OS. The molecule has 168 valence electrons. The summed E-state index contributed by atoms with van der Waals surface area (Å²) in [5.74, 6) is 1.11. The maximum atomic E-state index is 12.7. The fourth-order valence-corrected chi connectivity index (χ4v) is 4.71. The number of benzene rings is 1. The van der Waals surface area contributed by atoms with Gasteiger partial charge in [0.1, 0.15) is 5.82 Å². The van der Waals surface area contributed by atoms with Crippen LogP contribution in [0.15, 0.2) is 70.7 Å². The van der Waals surface area contributed by atoms with Gasteiger partial charge in [-0.15, -0.1) is 0 Å². The number of nitrogens with zero attached hydrogens (tertiary/aromatic N) is 3. The number of aromatic amines is 1. The van der Waals surface area contributed by atoms with Crippen LogP contribution in [-0.4, -0.2) is 40.0 Å². The third-order valence-electron chi connectivity index (χ3n) is 6.26. The summed E-state index contributed by atoms with van der Waals surface area (Å²) in [5, 5.41) is 10.4. The average molecular weight is 459 g/mol. The van der Waals surface area contributed by atoms with Crippen LogP contribution in [0.5, 0.6) is 0 Å². The molecule has 3 aromatic heterocycles. The van der Waals surface area contributed by atoms with Crippen molar-refractivity contribution < 1.29 is 0 Å². The fraction of sp³-hybridized carbons (Fsp3) is 0.240. The van der Waals surface area contributed by atoms with Crippen LogP contribution in [0.2, 0.25) is 0 Å². The number of rotatable bonds is 5. The van der Waals surface area contributed by atoms with Crippen molar-refractivity contribution in [1.82, 2.24) is 19.9 Å². The molecule has 1 aliphatic rings. The number of nitrogens with one attached hydrogen (secondary N) is 2. The normalized spacial score (nSPS) is 15.1. The molecule has 5 rings (SSSR count). The maximum Gasteiger partial charge on any atom is 0.259 e. The molecule has 0 aliphatic carbocycles. The summed E-state index contributed by atoms with van der Waals surface area (Å²) < 4.78 is 0. The molecule has 1 saturated heterocycles. The van der Waals surface area contributed by atoms with E-state index in [-0.39, 0.29) is 5.56 Å². The van der Waals surface area contributed by atoms with Gasteiger partial charge in [0, 0.05) is 34.7 Å². The Labute approximate surface area is 196 Å². The van der Waals surface area contributed by atoms with Crippen LogP contribution in [0.4, 0.5) is 11.5 Å². The van der Waals surface area contributed by atoms with Gasteiger partial charge in [0.05, 0.1) is 11.1 Å². The second-order valence-corrected chi connectivity index (χ2v) is 9.19. The number of anilines is 2. The van der Waals surface area contributed by atoms with Crippen molar-refractivity contribution in [3.8, 4) is 11.3 Å². The Morgan fingerprint density at radius 3 is 2.67 bits per heavy atom. The van der Waals surface area contributed by atoms with Crippen molar-refractivity contribution in [2.45, 2.75) is 23.7 Å². The Hall–Kier alpha value is -3.20. The summed E-state index contributed by atoms with van der Waals surface area (Å²) in [6, 6.07) is 14.2. The summed E-state index contributed by atoms with van der Waals surface area (Å²) in [6.07, 6.45) is 7.48. The molecule has 4 heterocycles. The van der Waals surface area contributed by atoms with Crippen molar-refractivity contribution in [2.24, 2.45) is 5.14 Å². The second-order valence-electron chi connectivity index (χ2n) is 8.48. The van der Waals surface area contributed by atoms with Gasteiger partial charge in [-0.1, -0.05) is 12.1 Å². The monoisotopic (exact) mass is 458 g/mol. The van der Waals surface area contributed by atoms with E-state index >= 15 is 0 Å². The zero-order valence-corrected chi connectivity index (χ0v) is 19.2. The first-order chi connectivity index (χ1) is 16.1. The SMILES string of the molecule is CN1CCC(c2ccc(Nc3nc(-c4cncc(SN)c4)cc4cc[nH]c(=O)c34)cc2)CC1. The smallest absolute Gasteiger partial charge is 0.259 e. The van der Waals surface area contributed by atoms with Crippen LogP contribution < -0.4 is 16.0 Å². The van der Waals surface area contributed by atoms with Crippen LogP contribution >= 0.6 is 11.9 Å². The number of hydrogen-bond donors (Lipinski definition) is 3. The van der Waals surface area contributed by atoms with E-state index in [0.29, 0.717) is 17.1 Å². The van der Waals surface area contributed by atoms with Crippen molar-refractivity contribution in [1.29, 1.82) is 0 Å². The van der Waals surface area contributed by atoms with Crippen LogP contribution in [0.25, 0.3) is 22.0 Å². The minimum Gasteiger partial charge on any atom is -0.340 e. The molecule has 8 heteroatoms. The number of fused-ring (bicyclic) bond motifs is 1. The molecule has 4 N–H and O–H groups in total. The number of nitrogens with two attached hydrogens (primary N) is 1. The van der Waals surface area contributed by atoms with Gasteiger partial charge in [-0.3, -0.25) is 14.9 Å². The first-order valence-corrected chi connectivity index (χ1v) is 11.9. The summed E-state index contributed by atoms with van der Waals surface area (Å²) in [5.41, 5.74) is 3.64. The quantitative estimate of drug-likeness (QED) is 0.379. The third kappa shape index (κ3) is 4.64. The van der Waals surface area contributed by atoms with Gasteiger partial charge >= 0.3 is 0 Å². The lowest BCUT2D eigenvalue weighted by molar-refractivity contribution is 0.255. The van der Waals surface area contributed by atoms with Crippen molar-refractivity contribution >= 4 is 34.2 Å². The topological polar surface area (TPSA) is 99.9 Å². The first-order valence-electron chi connectivity index (χ1n) is 11.0. The summed E-state index contributed by atoms with van der Waals surface area (Å²) in [7, 11) is 2.18. The highest BCUT2D eigenvalue weighted by Crippen LogP contribution is 2.31. The van der Waals surface area contributed by atoms with Crippen LogP contribution in [0.1, 0.15) is 24.3 Å². The van der Waals surface area contributed by atoms with Crippen LogP contribution in [-0.2, 0) is 0 Å². The van der Waals surface area contributed by atoms with Gasteiger partial charge in [-0.2, -0.15) is 0 Å². The highest BCUT2D eigenvalue weighted by atomic mass is 32.2. The molecule has 0 unspecified atom stereocenters. The molecule has 4 aromatic rings. The molecule has 7 nitrogen and oxygen atoms in total. The Balaban J connectivity index is 1.50. The van der Waals surface area contributed by atoms with Gasteiger partial charge < -0.3 is 15.2 Å². The van der Waals surface area contributed by atoms with E-state index < -0.39 is 0 Å². The maximum absolute atomic E-state index is 12.7. The molecule has 33 heavy (non-hydrogen) atoms. The van der Waals surface area contributed by atoms with Gasteiger partial charge in [-0.25, -0.2) is 4.98 Å². The Bertz CT molecular complexity index is 1330. The average Bonchev–Trinajstić information content (AvgIpc) is 2.85. The Morgan fingerprint density at radius 1 is 1.12 bits per heavy atom. The second kappa shape index (κ2) is 9.35. The number of aromatic nitrogens is 3. The number of H-pyrrole nitrogens is 1. The zero-order valence-electron chi connectivity index (χ0n) is 18.4. The highest BCUT2D eigenvalue weighted by molar-refractivity contribution is 7.97. The molecule has 0 saturated carbocycles. The van der Waals surface area contributed by atoms with Gasteiger partial charge in [-0.05, 0) is 92.1 Å². The Kier molecular flexibility index (Phi) is 6.13. The van der Waals surface area contributed by atoms with E-state index in [0.717, 1.165) is 52.3 Å². The summed E-state index contributed by atoms with van der Waals surface area (Å²) >= 11 is 1.14. The van der Waals surface area contributed by atoms with Crippen molar-refractivity contribution in [3.05, 3.63) is 77.0 Å². The first kappa shape index (κ1) is 21.6. The molecule has 1 fully saturated rings. The third-order valence-corrected chi connectivity index (χ3v) is 6.76. The lowest BCUT2D eigenvalue weighted by atomic mass is 9.89. The molecule has 1 aromatic carbocycles. The minimum absolute atomic E-state index is 0.179. The van der Waals surface area contributed by atoms with E-state index in [1.54, 1.807) is 18.6 Å². The molecule has 0 amide bonds. The fourth-order valence-electron chi connectivity index (χ4n) is 4.39. The Morgan fingerprint density at radius 2 is 1.91 bits per heavy atom. The van der Waals surface area contributed by atoms with E-state index in [2.05, 4.69) is 51.5 Å². The molecule has 0 spiro atoms. The molecular weight excluding hydrogens is 432 g/mol. The summed E-state index contributed by atoms with van der Waals surface area (Å²) in [4.78, 5) is 27.7. The number of hydrogen-bond acceptors (Lipinski definition) is 7. The van der Waals surface area contributed by atoms with E-state index in [1.165, 1.54) is 18.4 Å². The largest absolute Gasteiger partial charge is 0.340 e. The number of likely N-dealkylation sites (tertiary alicyclic amines) is 1. The highest BCUT2D eigenvalue weighted by Gasteiger charge is 2.18. The van der Waals surface area contributed by atoms with Crippen molar-refractivity contribution in [3.63, 3.8) is 0 Å². The van der Waals surface area contributed by atoms with E-state index in [1.807, 2.05) is 18.2 Å². The van der Waals surface area contributed by atoms with E-state index in [4.69, 9.17) is 10.1 Å². The molecule has 0 bridgehead atoms. The lowest BCUT2D eigenvalue weighted by Crippen LogP contribution is -2.29. The predicted molar refractivity (Wildman–Crippen MR) is 135 cm³/mol. The molecule has 1 aliphatic heterocycles. The van der Waals surface area contributed by atoms with Gasteiger partial charge in [0.15, 0.2) is 0 Å². The van der Waals surface area contributed by atoms with E-state index in [9.17, 15) is 4.79 Å². The molecule has 0 radical (unpaired) electrons. The number of pyridine rings is 3. The number of piperidine rings is 1.